The largest absolute Gasteiger partial charge is 0.396 e. The maximum absolute atomic E-state index is 13.0. The van der Waals surface area contributed by atoms with Gasteiger partial charge in [0.05, 0.1) is 17.7 Å². The van der Waals surface area contributed by atoms with E-state index in [4.69, 9.17) is 11.0 Å². The first kappa shape index (κ1) is 9.46. The fourth-order valence-corrected chi connectivity index (χ4v) is 0.985. The summed E-state index contributed by atoms with van der Waals surface area (Å²) in [5.74, 6) is -2.16. The van der Waals surface area contributed by atoms with Gasteiger partial charge in [-0.15, -0.1) is 0 Å². The second kappa shape index (κ2) is 3.40. The molecule has 1 atom stereocenters. The number of nitriles is 1. The van der Waals surface area contributed by atoms with Crippen LogP contribution in [0.3, 0.4) is 0 Å². The Bertz CT molecular complexity index is 369. The standard InChI is InChI=1S/C9H8F2N2/c1-5(4-12)6-2-9(13)8(11)3-7(6)10/h2-3,5H,13H2,1H3. The van der Waals surface area contributed by atoms with Crippen LogP contribution in [0.5, 0.6) is 0 Å². The minimum Gasteiger partial charge on any atom is -0.396 e. The van der Waals surface area contributed by atoms with Crippen molar-refractivity contribution < 1.29 is 8.78 Å². The molecule has 0 amide bonds. The zero-order valence-corrected chi connectivity index (χ0v) is 7.01. The molecule has 0 aliphatic rings. The Morgan fingerprint density at radius 1 is 1.38 bits per heavy atom. The Hall–Kier alpha value is -1.63. The second-order valence-corrected chi connectivity index (χ2v) is 2.75. The monoisotopic (exact) mass is 182 g/mol. The fraction of sp³-hybridized carbons (Fsp3) is 0.222. The molecule has 0 saturated heterocycles. The number of halogens is 2. The third-order valence-corrected chi connectivity index (χ3v) is 1.78. The maximum atomic E-state index is 13.0. The molecule has 0 bridgehead atoms. The number of nitrogen functional groups attached to an aromatic ring is 1. The molecule has 0 aliphatic carbocycles. The van der Waals surface area contributed by atoms with Crippen molar-refractivity contribution in [2.45, 2.75) is 12.8 Å². The molecule has 0 spiro atoms. The van der Waals surface area contributed by atoms with E-state index in [1.807, 2.05) is 6.07 Å². The molecule has 1 rings (SSSR count). The molecule has 1 unspecified atom stereocenters. The number of nitrogens with zero attached hydrogens (tertiary/aromatic N) is 1. The quantitative estimate of drug-likeness (QED) is 0.676. The molecule has 0 fully saturated rings. The first-order valence-corrected chi connectivity index (χ1v) is 3.70. The molecule has 0 aliphatic heterocycles. The van der Waals surface area contributed by atoms with Crippen molar-refractivity contribution in [1.82, 2.24) is 0 Å². The van der Waals surface area contributed by atoms with E-state index in [9.17, 15) is 8.78 Å². The summed E-state index contributed by atoms with van der Waals surface area (Å²) in [6.07, 6.45) is 0. The Balaban J connectivity index is 3.25. The lowest BCUT2D eigenvalue weighted by molar-refractivity contribution is 0.572. The smallest absolute Gasteiger partial charge is 0.149 e. The van der Waals surface area contributed by atoms with E-state index in [-0.39, 0.29) is 11.3 Å². The van der Waals surface area contributed by atoms with Crippen LogP contribution in [0.25, 0.3) is 0 Å². The van der Waals surface area contributed by atoms with Crippen molar-refractivity contribution in [3.63, 3.8) is 0 Å². The summed E-state index contributed by atoms with van der Waals surface area (Å²) in [5, 5.41) is 8.52. The lowest BCUT2D eigenvalue weighted by Crippen LogP contribution is -1.99. The molecule has 13 heavy (non-hydrogen) atoms. The number of anilines is 1. The highest BCUT2D eigenvalue weighted by atomic mass is 19.1. The Morgan fingerprint density at radius 3 is 2.54 bits per heavy atom. The van der Waals surface area contributed by atoms with Crippen molar-refractivity contribution in [2.75, 3.05) is 5.73 Å². The van der Waals surface area contributed by atoms with Crippen LogP contribution >= 0.6 is 0 Å². The van der Waals surface area contributed by atoms with Gasteiger partial charge in [-0.2, -0.15) is 5.26 Å². The van der Waals surface area contributed by atoms with Gasteiger partial charge in [-0.1, -0.05) is 0 Å². The van der Waals surface area contributed by atoms with Gasteiger partial charge in [-0.25, -0.2) is 8.78 Å². The van der Waals surface area contributed by atoms with Crippen LogP contribution in [0.4, 0.5) is 14.5 Å². The van der Waals surface area contributed by atoms with E-state index >= 15 is 0 Å². The highest BCUT2D eigenvalue weighted by molar-refractivity contribution is 5.45. The van der Waals surface area contributed by atoms with Crippen molar-refractivity contribution in [3.05, 3.63) is 29.3 Å². The molecule has 0 aromatic heterocycles. The molecule has 0 radical (unpaired) electrons. The van der Waals surface area contributed by atoms with Gasteiger partial charge in [0.2, 0.25) is 0 Å². The normalized spacial score (nSPS) is 12.2. The summed E-state index contributed by atoms with van der Waals surface area (Å²) < 4.78 is 25.7. The van der Waals surface area contributed by atoms with Crippen molar-refractivity contribution >= 4 is 5.69 Å². The van der Waals surface area contributed by atoms with Gasteiger partial charge in [-0.3, -0.25) is 0 Å². The second-order valence-electron chi connectivity index (χ2n) is 2.75. The first-order valence-electron chi connectivity index (χ1n) is 3.70. The minimum atomic E-state index is -0.800. The topological polar surface area (TPSA) is 49.8 Å². The molecular weight excluding hydrogens is 174 g/mol. The van der Waals surface area contributed by atoms with Crippen LogP contribution in [0.15, 0.2) is 12.1 Å². The lowest BCUT2D eigenvalue weighted by Gasteiger charge is -2.06. The average molecular weight is 182 g/mol. The molecule has 0 saturated carbocycles. The van der Waals surface area contributed by atoms with Crippen molar-refractivity contribution in [2.24, 2.45) is 0 Å². The number of hydrogen-bond donors (Lipinski definition) is 1. The third-order valence-electron chi connectivity index (χ3n) is 1.78. The minimum absolute atomic E-state index is 0.126. The van der Waals surface area contributed by atoms with Crippen LogP contribution in [0.1, 0.15) is 18.4 Å². The van der Waals surface area contributed by atoms with E-state index in [2.05, 4.69) is 0 Å². The van der Waals surface area contributed by atoms with Gasteiger partial charge in [-0.05, 0) is 13.0 Å². The van der Waals surface area contributed by atoms with Crippen LogP contribution in [0, 0.1) is 23.0 Å². The molecule has 2 N–H and O–H groups in total. The molecule has 1 aromatic carbocycles. The molecule has 68 valence electrons. The van der Waals surface area contributed by atoms with E-state index in [1.54, 1.807) is 0 Å². The van der Waals surface area contributed by atoms with Gasteiger partial charge < -0.3 is 5.73 Å². The first-order chi connectivity index (χ1) is 6.06. The SMILES string of the molecule is CC(C#N)c1cc(N)c(F)cc1F. The molecule has 4 heteroatoms. The zero-order chi connectivity index (χ0) is 10.0. The van der Waals surface area contributed by atoms with Gasteiger partial charge in [0, 0.05) is 11.6 Å². The molecule has 0 heterocycles. The molecule has 2 nitrogen and oxygen atoms in total. The van der Waals surface area contributed by atoms with E-state index in [1.165, 1.54) is 6.92 Å². The number of benzene rings is 1. The Kier molecular flexibility index (Phi) is 2.47. The third kappa shape index (κ3) is 1.75. The zero-order valence-electron chi connectivity index (χ0n) is 7.01. The van der Waals surface area contributed by atoms with Crippen molar-refractivity contribution in [3.8, 4) is 6.07 Å². The number of hydrogen-bond acceptors (Lipinski definition) is 2. The van der Waals surface area contributed by atoms with Crippen molar-refractivity contribution in [1.29, 1.82) is 5.26 Å². The summed E-state index contributed by atoms with van der Waals surface area (Å²) >= 11 is 0. The predicted molar refractivity (Wildman–Crippen MR) is 44.8 cm³/mol. The predicted octanol–water partition coefficient (Wildman–Crippen LogP) is 2.17. The molecular formula is C9H8F2N2. The summed E-state index contributed by atoms with van der Waals surface area (Å²) in [5.41, 5.74) is 5.22. The lowest BCUT2D eigenvalue weighted by atomic mass is 10.0. The maximum Gasteiger partial charge on any atom is 0.149 e. The van der Waals surface area contributed by atoms with E-state index in [0.717, 1.165) is 6.07 Å². The molecule has 1 aromatic rings. The average Bonchev–Trinajstić information content (AvgIpc) is 2.10. The number of rotatable bonds is 1. The van der Waals surface area contributed by atoms with E-state index in [0.29, 0.717) is 6.07 Å². The van der Waals surface area contributed by atoms with Gasteiger partial charge in [0.25, 0.3) is 0 Å². The summed E-state index contributed by atoms with van der Waals surface area (Å²) in [4.78, 5) is 0. The Morgan fingerprint density at radius 2 is 2.00 bits per heavy atom. The van der Waals surface area contributed by atoms with Gasteiger partial charge >= 0.3 is 0 Å². The van der Waals surface area contributed by atoms with Gasteiger partial charge in [0.15, 0.2) is 0 Å². The summed E-state index contributed by atoms with van der Waals surface area (Å²) in [6, 6.07) is 3.70. The fourth-order valence-electron chi connectivity index (χ4n) is 0.985. The van der Waals surface area contributed by atoms with Gasteiger partial charge in [0.1, 0.15) is 11.6 Å². The van der Waals surface area contributed by atoms with Crippen LogP contribution in [-0.2, 0) is 0 Å². The summed E-state index contributed by atoms with van der Waals surface area (Å²) in [7, 11) is 0. The highest BCUT2D eigenvalue weighted by Crippen LogP contribution is 2.22. The Labute approximate surface area is 74.6 Å². The summed E-state index contributed by atoms with van der Waals surface area (Å²) in [6.45, 7) is 1.52. The van der Waals surface area contributed by atoms with E-state index < -0.39 is 17.6 Å². The van der Waals surface area contributed by atoms with Crippen LogP contribution in [0.2, 0.25) is 0 Å². The van der Waals surface area contributed by atoms with Crippen LogP contribution in [-0.4, -0.2) is 0 Å². The number of nitrogens with two attached hydrogens (primary N) is 1. The van der Waals surface area contributed by atoms with Crippen LogP contribution < -0.4 is 5.73 Å². The highest BCUT2D eigenvalue weighted by Gasteiger charge is 2.12.